The Morgan fingerprint density at radius 3 is 2.60 bits per heavy atom. The predicted molar refractivity (Wildman–Crippen MR) is 103 cm³/mol. The van der Waals surface area contributed by atoms with Crippen LogP contribution in [0.15, 0.2) is 29.3 Å². The number of aliphatic imine (C=N–C) groups is 1. The van der Waals surface area contributed by atoms with Crippen LogP contribution < -0.4 is 5.73 Å². The lowest BCUT2D eigenvalue weighted by atomic mass is 10.00. The molecule has 5 nitrogen and oxygen atoms in total. The van der Waals surface area contributed by atoms with E-state index in [1.165, 1.54) is 12.8 Å². The van der Waals surface area contributed by atoms with Crippen LogP contribution in [0, 0.1) is 5.92 Å². The van der Waals surface area contributed by atoms with Crippen molar-refractivity contribution in [1.82, 2.24) is 9.80 Å². The lowest BCUT2D eigenvalue weighted by Gasteiger charge is -2.35. The maximum absolute atomic E-state index is 6.47. The maximum Gasteiger partial charge on any atom is 0.191 e. The highest BCUT2D eigenvalue weighted by Crippen LogP contribution is 2.28. The van der Waals surface area contributed by atoms with Gasteiger partial charge in [0.25, 0.3) is 0 Å². The summed E-state index contributed by atoms with van der Waals surface area (Å²) >= 11 is 6.47. The fourth-order valence-electron chi connectivity index (χ4n) is 3.56. The summed E-state index contributed by atoms with van der Waals surface area (Å²) in [7, 11) is 0. The van der Waals surface area contributed by atoms with Gasteiger partial charge in [0, 0.05) is 31.2 Å². The van der Waals surface area contributed by atoms with Crippen molar-refractivity contribution in [2.45, 2.75) is 25.8 Å². The van der Waals surface area contributed by atoms with E-state index in [9.17, 15) is 0 Å². The minimum absolute atomic E-state index is 0.139. The minimum Gasteiger partial charge on any atom is -0.379 e. The molecule has 138 valence electrons. The first-order valence-corrected chi connectivity index (χ1v) is 9.64. The predicted octanol–water partition coefficient (Wildman–Crippen LogP) is 2.76. The number of nitrogens with two attached hydrogens (primary N) is 1. The largest absolute Gasteiger partial charge is 0.379 e. The number of benzene rings is 1. The Kier molecular flexibility index (Phi) is 6.57. The molecule has 0 aliphatic carbocycles. The second kappa shape index (κ2) is 8.88. The van der Waals surface area contributed by atoms with E-state index in [-0.39, 0.29) is 6.04 Å². The zero-order valence-electron chi connectivity index (χ0n) is 15.0. The molecule has 2 fully saturated rings. The van der Waals surface area contributed by atoms with E-state index < -0.39 is 0 Å². The van der Waals surface area contributed by atoms with Gasteiger partial charge in [-0.3, -0.25) is 9.89 Å². The highest BCUT2D eigenvalue weighted by Gasteiger charge is 2.25. The molecule has 25 heavy (non-hydrogen) atoms. The molecule has 2 aliphatic rings. The van der Waals surface area contributed by atoms with Gasteiger partial charge in [0.2, 0.25) is 0 Å². The van der Waals surface area contributed by atoms with E-state index in [0.29, 0.717) is 12.5 Å². The molecule has 1 aromatic carbocycles. The number of likely N-dealkylation sites (tertiary alicyclic amines) is 1. The van der Waals surface area contributed by atoms with Gasteiger partial charge in [-0.25, -0.2) is 0 Å². The van der Waals surface area contributed by atoms with Crippen molar-refractivity contribution in [3.63, 3.8) is 0 Å². The second-order valence-electron chi connectivity index (χ2n) is 7.05. The molecule has 1 atom stereocenters. The molecule has 2 aliphatic heterocycles. The molecule has 2 N–H and O–H groups in total. The first-order chi connectivity index (χ1) is 12.1. The highest BCUT2D eigenvalue weighted by atomic mass is 35.5. The van der Waals surface area contributed by atoms with Crippen molar-refractivity contribution >= 4 is 17.6 Å². The van der Waals surface area contributed by atoms with Crippen molar-refractivity contribution < 1.29 is 4.74 Å². The number of halogens is 1. The van der Waals surface area contributed by atoms with Gasteiger partial charge in [-0.05, 0) is 30.4 Å². The third kappa shape index (κ3) is 4.87. The van der Waals surface area contributed by atoms with Crippen LogP contribution in [-0.2, 0) is 4.74 Å². The first-order valence-electron chi connectivity index (χ1n) is 9.26. The standard InChI is InChI=1S/C19H29ClN4O/c1-15-6-8-24(9-7-15)19(21)22-14-18(23-10-12-25-13-11-23)16-4-2-3-5-17(16)20/h2-5,15,18H,6-14H2,1H3,(H2,21,22). The number of hydrogen-bond donors (Lipinski definition) is 1. The number of ether oxygens (including phenoxy) is 1. The molecule has 1 aromatic rings. The van der Waals surface area contributed by atoms with Crippen molar-refractivity contribution in [2.24, 2.45) is 16.6 Å². The summed E-state index contributed by atoms with van der Waals surface area (Å²) in [4.78, 5) is 9.36. The number of guanidine groups is 1. The lowest BCUT2D eigenvalue weighted by molar-refractivity contribution is 0.0179. The van der Waals surface area contributed by atoms with Crippen LogP contribution in [0.4, 0.5) is 0 Å². The molecule has 0 aromatic heterocycles. The maximum atomic E-state index is 6.47. The Hall–Kier alpha value is -1.30. The van der Waals surface area contributed by atoms with Gasteiger partial charge in [-0.1, -0.05) is 36.7 Å². The Morgan fingerprint density at radius 2 is 1.92 bits per heavy atom. The molecule has 0 spiro atoms. The van der Waals surface area contributed by atoms with Crippen molar-refractivity contribution in [2.75, 3.05) is 45.9 Å². The van der Waals surface area contributed by atoms with Crippen LogP contribution in [0.25, 0.3) is 0 Å². The Balaban J connectivity index is 1.73. The van der Waals surface area contributed by atoms with E-state index in [1.54, 1.807) is 0 Å². The molecule has 0 saturated carbocycles. The van der Waals surface area contributed by atoms with Gasteiger partial charge in [-0.2, -0.15) is 0 Å². The number of morpholine rings is 1. The smallest absolute Gasteiger partial charge is 0.191 e. The van der Waals surface area contributed by atoms with E-state index in [2.05, 4.69) is 22.8 Å². The summed E-state index contributed by atoms with van der Waals surface area (Å²) in [6.07, 6.45) is 2.38. The molecule has 0 bridgehead atoms. The molecular formula is C19H29ClN4O. The van der Waals surface area contributed by atoms with E-state index >= 15 is 0 Å². The second-order valence-corrected chi connectivity index (χ2v) is 7.46. The topological polar surface area (TPSA) is 54.1 Å². The monoisotopic (exact) mass is 364 g/mol. The summed E-state index contributed by atoms with van der Waals surface area (Å²) in [5, 5.41) is 0.791. The SMILES string of the molecule is CC1CCN(C(N)=NCC(c2ccccc2Cl)N2CCOCC2)CC1. The van der Waals surface area contributed by atoms with Crippen LogP contribution in [0.3, 0.4) is 0 Å². The van der Waals surface area contributed by atoms with E-state index in [0.717, 1.165) is 55.9 Å². The zero-order chi connectivity index (χ0) is 17.6. The molecule has 0 amide bonds. The van der Waals surface area contributed by atoms with Gasteiger partial charge in [0.05, 0.1) is 25.8 Å². The molecule has 6 heteroatoms. The number of hydrogen-bond acceptors (Lipinski definition) is 3. The Labute approximate surface area is 155 Å². The summed E-state index contributed by atoms with van der Waals surface area (Å²) in [6.45, 7) is 8.24. The van der Waals surface area contributed by atoms with Crippen LogP contribution >= 0.6 is 11.6 Å². The molecule has 0 radical (unpaired) electrons. The molecule has 1 unspecified atom stereocenters. The van der Waals surface area contributed by atoms with Gasteiger partial charge in [-0.15, -0.1) is 0 Å². The first kappa shape index (κ1) is 18.5. The lowest BCUT2D eigenvalue weighted by Crippen LogP contribution is -2.44. The van der Waals surface area contributed by atoms with Gasteiger partial charge in [0.15, 0.2) is 5.96 Å². The molecule has 3 rings (SSSR count). The average Bonchev–Trinajstić information content (AvgIpc) is 2.64. The van der Waals surface area contributed by atoms with Gasteiger partial charge >= 0.3 is 0 Å². The van der Waals surface area contributed by atoms with E-state index in [4.69, 9.17) is 27.1 Å². The fraction of sp³-hybridized carbons (Fsp3) is 0.632. The van der Waals surface area contributed by atoms with Crippen LogP contribution in [0.5, 0.6) is 0 Å². The summed E-state index contributed by atoms with van der Waals surface area (Å²) in [5.74, 6) is 1.45. The van der Waals surface area contributed by atoms with Crippen molar-refractivity contribution in [1.29, 1.82) is 0 Å². The normalized spacial score (nSPS) is 22.2. The fourth-order valence-corrected chi connectivity index (χ4v) is 3.82. The molecule has 2 heterocycles. The van der Waals surface area contributed by atoms with Gasteiger partial charge < -0.3 is 15.4 Å². The Bertz CT molecular complexity index is 581. The summed E-state index contributed by atoms with van der Waals surface area (Å²) in [6, 6.07) is 8.18. The van der Waals surface area contributed by atoms with Crippen molar-refractivity contribution in [3.8, 4) is 0 Å². The average molecular weight is 365 g/mol. The van der Waals surface area contributed by atoms with Crippen LogP contribution in [0.2, 0.25) is 5.02 Å². The van der Waals surface area contributed by atoms with Crippen molar-refractivity contribution in [3.05, 3.63) is 34.9 Å². The molecule has 2 saturated heterocycles. The summed E-state index contributed by atoms with van der Waals surface area (Å²) in [5.41, 5.74) is 7.41. The third-order valence-corrected chi connectivity index (χ3v) is 5.63. The van der Waals surface area contributed by atoms with Crippen LogP contribution in [0.1, 0.15) is 31.4 Å². The third-order valence-electron chi connectivity index (χ3n) is 5.28. The van der Waals surface area contributed by atoms with Crippen LogP contribution in [-0.4, -0.2) is 61.7 Å². The quantitative estimate of drug-likeness (QED) is 0.659. The number of rotatable bonds is 4. The van der Waals surface area contributed by atoms with E-state index in [1.807, 2.05) is 18.2 Å². The number of piperidine rings is 1. The molecular weight excluding hydrogens is 336 g/mol. The number of nitrogens with zero attached hydrogens (tertiary/aromatic N) is 3. The summed E-state index contributed by atoms with van der Waals surface area (Å²) < 4.78 is 5.50. The Morgan fingerprint density at radius 1 is 1.24 bits per heavy atom. The van der Waals surface area contributed by atoms with Gasteiger partial charge in [0.1, 0.15) is 0 Å². The highest BCUT2D eigenvalue weighted by molar-refractivity contribution is 6.31. The zero-order valence-corrected chi connectivity index (χ0v) is 15.8. The minimum atomic E-state index is 0.139.